The van der Waals surface area contributed by atoms with Crippen molar-refractivity contribution in [3.8, 4) is 11.3 Å². The van der Waals surface area contributed by atoms with Crippen molar-refractivity contribution in [1.29, 1.82) is 0 Å². The van der Waals surface area contributed by atoms with Gasteiger partial charge in [-0.25, -0.2) is 0 Å². The minimum Gasteiger partial charge on any atom is -0.350 e. The Morgan fingerprint density at radius 3 is 2.75 bits per heavy atom. The molecule has 0 spiro atoms. The van der Waals surface area contributed by atoms with E-state index in [9.17, 15) is 4.79 Å². The van der Waals surface area contributed by atoms with Gasteiger partial charge >= 0.3 is 0 Å². The van der Waals surface area contributed by atoms with E-state index in [2.05, 4.69) is 71.5 Å². The molecule has 0 radical (unpaired) electrons. The van der Waals surface area contributed by atoms with E-state index in [0.29, 0.717) is 6.54 Å². The van der Waals surface area contributed by atoms with E-state index in [4.69, 9.17) is 0 Å². The zero-order valence-electron chi connectivity index (χ0n) is 14.0. The average molecular weight is 317 g/mol. The number of benzene rings is 2. The van der Waals surface area contributed by atoms with E-state index >= 15 is 0 Å². The minimum atomic E-state index is 0.0142. The highest BCUT2D eigenvalue weighted by Crippen LogP contribution is 2.38. The van der Waals surface area contributed by atoms with Gasteiger partial charge in [0.1, 0.15) is 0 Å². The Morgan fingerprint density at radius 1 is 1.17 bits per heavy atom. The van der Waals surface area contributed by atoms with Crippen molar-refractivity contribution in [3.05, 3.63) is 65.9 Å². The topological polar surface area (TPSA) is 33.0 Å². The fourth-order valence-electron chi connectivity index (χ4n) is 3.70. The number of aromatic nitrogens is 1. The van der Waals surface area contributed by atoms with Gasteiger partial charge in [0.05, 0.1) is 12.1 Å². The number of carbonyl (C=O) groups is 1. The van der Waals surface area contributed by atoms with Gasteiger partial charge in [-0.15, -0.1) is 0 Å². The second-order valence-electron chi connectivity index (χ2n) is 6.57. The lowest BCUT2D eigenvalue weighted by molar-refractivity contribution is -0.706. The van der Waals surface area contributed by atoms with E-state index < -0.39 is 0 Å². The highest BCUT2D eigenvalue weighted by atomic mass is 16.1. The molecule has 3 heteroatoms. The number of fused-ring (bicyclic) bond motifs is 5. The number of carbonyl (C=O) groups excluding carboxylic acids is 1. The zero-order chi connectivity index (χ0) is 16.7. The van der Waals surface area contributed by atoms with Gasteiger partial charge < -0.3 is 5.32 Å². The maximum atomic E-state index is 11.3. The maximum absolute atomic E-state index is 11.3. The summed E-state index contributed by atoms with van der Waals surface area (Å²) in [6.07, 6.45) is 3.20. The lowest BCUT2D eigenvalue weighted by Gasteiger charge is -2.13. The first-order valence-corrected chi connectivity index (χ1v) is 8.43. The standard InChI is InChI=1S/C21H20N2O/c1-14(12-22-15(2)24)23-13-17-8-4-5-9-18(17)20-11-16-7-3-6-10-19(16)21(20)23/h3-10,13-14H,11-12H2,1-2H3/p+1. The van der Waals surface area contributed by atoms with Crippen LogP contribution in [0.2, 0.25) is 0 Å². The molecule has 0 saturated heterocycles. The van der Waals surface area contributed by atoms with Gasteiger partial charge in [0.25, 0.3) is 0 Å². The van der Waals surface area contributed by atoms with Gasteiger partial charge in [-0.1, -0.05) is 36.4 Å². The summed E-state index contributed by atoms with van der Waals surface area (Å²) in [6.45, 7) is 4.36. The van der Waals surface area contributed by atoms with E-state index in [1.165, 1.54) is 33.2 Å². The first-order valence-electron chi connectivity index (χ1n) is 8.43. The summed E-state index contributed by atoms with van der Waals surface area (Å²) < 4.78 is 2.33. The molecule has 4 rings (SSSR count). The quantitative estimate of drug-likeness (QED) is 0.577. The van der Waals surface area contributed by atoms with Crippen LogP contribution in [0.5, 0.6) is 0 Å². The van der Waals surface area contributed by atoms with Gasteiger partial charge in [0.15, 0.2) is 12.2 Å². The first kappa shape index (κ1) is 14.9. The molecular formula is C21H21N2O+. The Bertz CT molecular complexity index is 946. The Morgan fingerprint density at radius 2 is 1.92 bits per heavy atom. The summed E-state index contributed by atoms with van der Waals surface area (Å²) in [5, 5.41) is 5.52. The summed E-state index contributed by atoms with van der Waals surface area (Å²) in [5.74, 6) is 0.0142. The molecule has 3 aromatic rings. The predicted molar refractivity (Wildman–Crippen MR) is 95.8 cm³/mol. The fourth-order valence-corrected chi connectivity index (χ4v) is 3.70. The Kier molecular flexibility index (Phi) is 3.57. The summed E-state index contributed by atoms with van der Waals surface area (Å²) in [6, 6.07) is 17.4. The molecule has 1 unspecified atom stereocenters. The van der Waals surface area contributed by atoms with Crippen LogP contribution in [0.3, 0.4) is 0 Å². The summed E-state index contributed by atoms with van der Waals surface area (Å²) in [5.41, 5.74) is 5.38. The molecule has 1 atom stereocenters. The van der Waals surface area contributed by atoms with Crippen LogP contribution in [0.1, 0.15) is 31.0 Å². The molecule has 24 heavy (non-hydrogen) atoms. The van der Waals surface area contributed by atoms with Crippen molar-refractivity contribution in [2.45, 2.75) is 26.3 Å². The number of nitrogens with zero attached hydrogens (tertiary/aromatic N) is 1. The monoisotopic (exact) mass is 317 g/mol. The average Bonchev–Trinajstić information content (AvgIpc) is 2.99. The molecular weight excluding hydrogens is 296 g/mol. The molecule has 0 fully saturated rings. The molecule has 0 saturated carbocycles. The molecule has 0 aliphatic heterocycles. The van der Waals surface area contributed by atoms with Crippen LogP contribution in [0.4, 0.5) is 0 Å². The SMILES string of the molecule is CC(=O)NCC(C)[n+]1cc2ccccc2c2c1-c1ccccc1C2. The summed E-state index contributed by atoms with van der Waals surface area (Å²) >= 11 is 0. The Labute approximate surface area is 141 Å². The molecule has 1 heterocycles. The maximum Gasteiger partial charge on any atom is 0.217 e. The van der Waals surface area contributed by atoms with Crippen LogP contribution in [0.25, 0.3) is 22.0 Å². The third kappa shape index (κ3) is 2.37. The van der Waals surface area contributed by atoms with E-state index in [-0.39, 0.29) is 11.9 Å². The van der Waals surface area contributed by atoms with Gasteiger partial charge in [0, 0.05) is 24.3 Å². The van der Waals surface area contributed by atoms with Crippen LogP contribution in [0, 0.1) is 0 Å². The predicted octanol–water partition coefficient (Wildman–Crippen LogP) is 3.40. The van der Waals surface area contributed by atoms with Crippen LogP contribution in [-0.4, -0.2) is 12.5 Å². The number of hydrogen-bond donors (Lipinski definition) is 1. The second kappa shape index (κ2) is 5.75. The molecule has 1 aromatic heterocycles. The third-order valence-electron chi connectivity index (χ3n) is 4.87. The zero-order valence-corrected chi connectivity index (χ0v) is 14.0. The number of rotatable bonds is 3. The lowest BCUT2D eigenvalue weighted by Crippen LogP contribution is -2.45. The van der Waals surface area contributed by atoms with E-state index in [0.717, 1.165) is 6.42 Å². The number of pyridine rings is 1. The van der Waals surface area contributed by atoms with Crippen molar-refractivity contribution in [2.75, 3.05) is 6.54 Å². The fraction of sp³-hybridized carbons (Fsp3) is 0.238. The van der Waals surface area contributed by atoms with Gasteiger partial charge in [-0.3, -0.25) is 4.79 Å². The smallest absolute Gasteiger partial charge is 0.217 e. The van der Waals surface area contributed by atoms with Crippen LogP contribution >= 0.6 is 0 Å². The molecule has 3 nitrogen and oxygen atoms in total. The van der Waals surface area contributed by atoms with Gasteiger partial charge in [-0.05, 0) is 30.0 Å². The molecule has 1 aliphatic rings. The molecule has 1 amide bonds. The van der Waals surface area contributed by atoms with Crippen LogP contribution in [0.15, 0.2) is 54.7 Å². The van der Waals surface area contributed by atoms with Gasteiger partial charge in [-0.2, -0.15) is 4.57 Å². The van der Waals surface area contributed by atoms with Crippen LogP contribution < -0.4 is 9.88 Å². The number of amides is 1. The highest BCUT2D eigenvalue weighted by molar-refractivity contribution is 5.91. The Balaban J connectivity index is 1.92. The molecule has 0 bridgehead atoms. The molecule has 1 N–H and O–H groups in total. The second-order valence-corrected chi connectivity index (χ2v) is 6.57. The first-order chi connectivity index (χ1) is 11.6. The van der Waals surface area contributed by atoms with E-state index in [1.54, 1.807) is 6.92 Å². The third-order valence-corrected chi connectivity index (χ3v) is 4.87. The van der Waals surface area contributed by atoms with Gasteiger partial charge in [0.2, 0.25) is 11.6 Å². The number of hydrogen-bond acceptors (Lipinski definition) is 1. The van der Waals surface area contributed by atoms with Crippen molar-refractivity contribution < 1.29 is 9.36 Å². The van der Waals surface area contributed by atoms with Crippen molar-refractivity contribution in [2.24, 2.45) is 0 Å². The summed E-state index contributed by atoms with van der Waals surface area (Å²) in [4.78, 5) is 11.3. The highest BCUT2D eigenvalue weighted by Gasteiger charge is 2.32. The normalized spacial score (nSPS) is 13.4. The molecule has 1 aliphatic carbocycles. The van der Waals surface area contributed by atoms with Crippen molar-refractivity contribution in [3.63, 3.8) is 0 Å². The largest absolute Gasteiger partial charge is 0.350 e. The summed E-state index contributed by atoms with van der Waals surface area (Å²) in [7, 11) is 0. The lowest BCUT2D eigenvalue weighted by atomic mass is 10.0. The van der Waals surface area contributed by atoms with Crippen LogP contribution in [-0.2, 0) is 11.2 Å². The molecule has 2 aromatic carbocycles. The minimum absolute atomic E-state index is 0.0142. The van der Waals surface area contributed by atoms with Crippen molar-refractivity contribution >= 4 is 16.7 Å². The Hall–Kier alpha value is -2.68. The van der Waals surface area contributed by atoms with Crippen molar-refractivity contribution in [1.82, 2.24) is 5.32 Å². The van der Waals surface area contributed by atoms with E-state index in [1.807, 2.05) is 0 Å². The molecule has 120 valence electrons. The number of nitrogens with one attached hydrogen (secondary N) is 1.